The number of aryl methyl sites for hydroxylation is 2. The molecule has 5 nitrogen and oxygen atoms in total. The van der Waals surface area contributed by atoms with Gasteiger partial charge >= 0.3 is 0 Å². The Bertz CT molecular complexity index is 748. The molecule has 0 aliphatic carbocycles. The third-order valence-electron chi connectivity index (χ3n) is 2.97. The number of aromatic nitrogens is 4. The van der Waals surface area contributed by atoms with E-state index in [1.54, 1.807) is 11.6 Å². The maximum atomic E-state index is 5.34. The largest absolute Gasteiger partial charge is 0.496 e. The van der Waals surface area contributed by atoms with Crippen LogP contribution in [0.15, 0.2) is 30.3 Å². The van der Waals surface area contributed by atoms with E-state index < -0.39 is 0 Å². The Kier molecular flexibility index (Phi) is 2.67. The van der Waals surface area contributed by atoms with Crippen molar-refractivity contribution >= 4 is 5.78 Å². The summed E-state index contributed by atoms with van der Waals surface area (Å²) in [5, 5.41) is 4.50. The third-order valence-corrected chi connectivity index (χ3v) is 2.97. The van der Waals surface area contributed by atoms with Crippen LogP contribution >= 0.6 is 0 Å². The van der Waals surface area contributed by atoms with Crippen molar-refractivity contribution in [3.05, 3.63) is 41.7 Å². The van der Waals surface area contributed by atoms with Gasteiger partial charge in [0.1, 0.15) is 5.75 Å². The molecule has 0 saturated carbocycles. The van der Waals surface area contributed by atoms with Gasteiger partial charge in [-0.15, -0.1) is 5.10 Å². The van der Waals surface area contributed by atoms with Crippen LogP contribution in [0.1, 0.15) is 11.4 Å². The van der Waals surface area contributed by atoms with Crippen LogP contribution in [0, 0.1) is 13.8 Å². The molecular weight excluding hydrogens is 240 g/mol. The fourth-order valence-corrected chi connectivity index (χ4v) is 2.11. The Morgan fingerprint density at radius 1 is 1.11 bits per heavy atom. The lowest BCUT2D eigenvalue weighted by Gasteiger charge is -2.03. The molecule has 0 amide bonds. The first-order valence-electron chi connectivity index (χ1n) is 6.03. The van der Waals surface area contributed by atoms with E-state index in [0.717, 1.165) is 22.7 Å². The van der Waals surface area contributed by atoms with Crippen LogP contribution in [0.3, 0.4) is 0 Å². The molecule has 1 aromatic carbocycles. The van der Waals surface area contributed by atoms with Gasteiger partial charge in [0, 0.05) is 11.4 Å². The molecule has 0 aliphatic heterocycles. The van der Waals surface area contributed by atoms with Gasteiger partial charge in [-0.25, -0.2) is 9.50 Å². The Morgan fingerprint density at radius 3 is 2.68 bits per heavy atom. The molecule has 3 aromatic rings. The number of para-hydroxylation sites is 1. The highest BCUT2D eigenvalue weighted by Crippen LogP contribution is 2.27. The smallest absolute Gasteiger partial charge is 0.253 e. The highest BCUT2D eigenvalue weighted by atomic mass is 16.5. The van der Waals surface area contributed by atoms with Crippen LogP contribution in [0.2, 0.25) is 0 Å². The van der Waals surface area contributed by atoms with Crippen LogP contribution in [0.5, 0.6) is 5.75 Å². The number of methoxy groups -OCH3 is 1. The van der Waals surface area contributed by atoms with Crippen molar-refractivity contribution in [2.75, 3.05) is 7.11 Å². The van der Waals surface area contributed by atoms with Crippen LogP contribution in [0.25, 0.3) is 17.2 Å². The summed E-state index contributed by atoms with van der Waals surface area (Å²) >= 11 is 0. The zero-order chi connectivity index (χ0) is 13.4. The van der Waals surface area contributed by atoms with Crippen molar-refractivity contribution in [1.29, 1.82) is 0 Å². The fourth-order valence-electron chi connectivity index (χ4n) is 2.11. The molecule has 19 heavy (non-hydrogen) atoms. The number of rotatable bonds is 2. The normalized spacial score (nSPS) is 10.9. The SMILES string of the molecule is COc1ccccc1-c1nc2nc(C)cc(C)n2n1. The van der Waals surface area contributed by atoms with Crippen molar-refractivity contribution in [3.63, 3.8) is 0 Å². The van der Waals surface area contributed by atoms with Crippen molar-refractivity contribution in [2.24, 2.45) is 0 Å². The molecule has 0 spiro atoms. The minimum Gasteiger partial charge on any atom is -0.496 e. The van der Waals surface area contributed by atoms with Crippen molar-refractivity contribution in [1.82, 2.24) is 19.6 Å². The fraction of sp³-hybridized carbons (Fsp3) is 0.214. The molecule has 0 N–H and O–H groups in total. The van der Waals surface area contributed by atoms with E-state index in [4.69, 9.17) is 4.74 Å². The van der Waals surface area contributed by atoms with Gasteiger partial charge in [0.05, 0.1) is 12.7 Å². The lowest BCUT2D eigenvalue weighted by atomic mass is 10.2. The zero-order valence-electron chi connectivity index (χ0n) is 11.1. The lowest BCUT2D eigenvalue weighted by Crippen LogP contribution is -1.97. The number of benzene rings is 1. The summed E-state index contributed by atoms with van der Waals surface area (Å²) in [6.45, 7) is 3.94. The van der Waals surface area contributed by atoms with Gasteiger partial charge in [-0.2, -0.15) is 4.98 Å². The number of hydrogen-bond acceptors (Lipinski definition) is 4. The first-order chi connectivity index (χ1) is 9.19. The monoisotopic (exact) mass is 254 g/mol. The Labute approximate surface area is 110 Å². The van der Waals surface area contributed by atoms with E-state index in [1.807, 2.05) is 44.2 Å². The maximum absolute atomic E-state index is 5.34. The Hall–Kier alpha value is -2.43. The van der Waals surface area contributed by atoms with Crippen LogP contribution in [-0.2, 0) is 0 Å². The third kappa shape index (κ3) is 1.93. The molecule has 2 aromatic heterocycles. The van der Waals surface area contributed by atoms with Gasteiger partial charge in [-0.05, 0) is 32.0 Å². The number of fused-ring (bicyclic) bond motifs is 1. The molecule has 2 heterocycles. The predicted octanol–water partition coefficient (Wildman–Crippen LogP) is 2.42. The summed E-state index contributed by atoms with van der Waals surface area (Å²) in [5.41, 5.74) is 2.81. The van der Waals surface area contributed by atoms with E-state index in [2.05, 4.69) is 15.1 Å². The standard InChI is InChI=1S/C14H14N4O/c1-9-8-10(2)18-14(15-9)16-13(17-18)11-6-4-5-7-12(11)19-3/h4-8H,1-3H3. The molecule has 96 valence electrons. The Morgan fingerprint density at radius 2 is 1.89 bits per heavy atom. The average Bonchev–Trinajstić information content (AvgIpc) is 2.82. The second-order valence-electron chi connectivity index (χ2n) is 4.39. The van der Waals surface area contributed by atoms with Crippen LogP contribution in [0.4, 0.5) is 0 Å². The first kappa shape index (κ1) is 11.6. The van der Waals surface area contributed by atoms with Gasteiger partial charge in [-0.3, -0.25) is 0 Å². The molecule has 0 bridgehead atoms. The molecule has 0 unspecified atom stereocenters. The van der Waals surface area contributed by atoms with E-state index in [-0.39, 0.29) is 0 Å². The molecular formula is C14H14N4O. The Balaban J connectivity index is 2.23. The summed E-state index contributed by atoms with van der Waals surface area (Å²) in [6, 6.07) is 9.68. The van der Waals surface area contributed by atoms with Gasteiger partial charge in [-0.1, -0.05) is 12.1 Å². The predicted molar refractivity (Wildman–Crippen MR) is 72.2 cm³/mol. The molecule has 0 radical (unpaired) electrons. The first-order valence-corrected chi connectivity index (χ1v) is 6.03. The second-order valence-corrected chi connectivity index (χ2v) is 4.39. The highest BCUT2D eigenvalue weighted by molar-refractivity contribution is 5.65. The van der Waals surface area contributed by atoms with Gasteiger partial charge in [0.15, 0.2) is 5.82 Å². The van der Waals surface area contributed by atoms with E-state index in [1.165, 1.54) is 0 Å². The molecule has 0 atom stereocenters. The molecule has 0 aliphatic rings. The minimum atomic E-state index is 0.610. The quantitative estimate of drug-likeness (QED) is 0.704. The summed E-state index contributed by atoms with van der Waals surface area (Å²) in [7, 11) is 1.64. The average molecular weight is 254 g/mol. The van der Waals surface area contributed by atoms with E-state index >= 15 is 0 Å². The number of hydrogen-bond donors (Lipinski definition) is 0. The topological polar surface area (TPSA) is 52.3 Å². The van der Waals surface area contributed by atoms with Crippen molar-refractivity contribution < 1.29 is 4.74 Å². The number of ether oxygens (including phenoxy) is 1. The molecule has 0 saturated heterocycles. The van der Waals surface area contributed by atoms with Gasteiger partial charge in [0.25, 0.3) is 5.78 Å². The van der Waals surface area contributed by atoms with Crippen LogP contribution in [-0.4, -0.2) is 26.7 Å². The molecule has 5 heteroatoms. The van der Waals surface area contributed by atoms with Crippen LogP contribution < -0.4 is 4.74 Å². The minimum absolute atomic E-state index is 0.610. The summed E-state index contributed by atoms with van der Waals surface area (Å²) in [6.07, 6.45) is 0. The maximum Gasteiger partial charge on any atom is 0.253 e. The highest BCUT2D eigenvalue weighted by Gasteiger charge is 2.12. The molecule has 3 rings (SSSR count). The summed E-state index contributed by atoms with van der Waals surface area (Å²) in [5.74, 6) is 1.99. The van der Waals surface area contributed by atoms with Gasteiger partial charge < -0.3 is 4.74 Å². The zero-order valence-corrected chi connectivity index (χ0v) is 11.1. The summed E-state index contributed by atoms with van der Waals surface area (Å²) < 4.78 is 7.08. The molecule has 0 fully saturated rings. The second kappa shape index (κ2) is 4.35. The van der Waals surface area contributed by atoms with E-state index in [0.29, 0.717) is 11.6 Å². The van der Waals surface area contributed by atoms with E-state index in [9.17, 15) is 0 Å². The summed E-state index contributed by atoms with van der Waals surface area (Å²) in [4.78, 5) is 8.86. The van der Waals surface area contributed by atoms with Gasteiger partial charge in [0.2, 0.25) is 0 Å². The number of nitrogens with zero attached hydrogens (tertiary/aromatic N) is 4. The lowest BCUT2D eigenvalue weighted by molar-refractivity contribution is 0.416. The van der Waals surface area contributed by atoms with Crippen molar-refractivity contribution in [3.8, 4) is 17.1 Å². The van der Waals surface area contributed by atoms with Crippen molar-refractivity contribution in [2.45, 2.75) is 13.8 Å².